The van der Waals surface area contributed by atoms with Gasteiger partial charge in [0.05, 0.1) is 11.6 Å². The van der Waals surface area contributed by atoms with E-state index in [1.165, 1.54) is 0 Å². The number of halogens is 2. The minimum atomic E-state index is 0.0847. The number of hydrogen-bond acceptors (Lipinski definition) is 2. The Hall–Kier alpha value is -1.13. The highest BCUT2D eigenvalue weighted by atomic mass is 79.9. The Balaban J connectivity index is 2.18. The molecule has 0 unspecified atom stereocenters. The van der Waals surface area contributed by atoms with Crippen LogP contribution in [0.5, 0.6) is 5.75 Å². The van der Waals surface area contributed by atoms with Gasteiger partial charge in [0.2, 0.25) is 0 Å². The minimum absolute atomic E-state index is 0.0847. The minimum Gasteiger partial charge on any atom is -0.496 e. The third-order valence-electron chi connectivity index (χ3n) is 2.73. The van der Waals surface area contributed by atoms with Gasteiger partial charge in [-0.15, -0.1) is 0 Å². The van der Waals surface area contributed by atoms with Crippen molar-refractivity contribution >= 4 is 37.6 Å². The molecular weight excluding hydrogens is 372 g/mol. The number of ketones is 1. The number of methoxy groups -OCH3 is 1. The lowest BCUT2D eigenvalue weighted by Gasteiger charge is -2.06. The summed E-state index contributed by atoms with van der Waals surface area (Å²) in [5.74, 6) is 0.806. The largest absolute Gasteiger partial charge is 0.496 e. The van der Waals surface area contributed by atoms with Gasteiger partial charge in [-0.25, -0.2) is 0 Å². The molecule has 0 fully saturated rings. The van der Waals surface area contributed by atoms with Gasteiger partial charge in [-0.1, -0.05) is 28.1 Å². The fraction of sp³-hybridized carbons (Fsp3) is 0.133. The summed E-state index contributed by atoms with van der Waals surface area (Å²) in [4.78, 5) is 12.2. The van der Waals surface area contributed by atoms with Crippen LogP contribution in [0.3, 0.4) is 0 Å². The summed E-state index contributed by atoms with van der Waals surface area (Å²) in [5, 5.41) is 0. The molecule has 2 aromatic rings. The van der Waals surface area contributed by atoms with Crippen LogP contribution >= 0.6 is 31.9 Å². The van der Waals surface area contributed by atoms with Gasteiger partial charge in [-0.2, -0.15) is 0 Å². The third kappa shape index (κ3) is 3.67. The fourth-order valence-electron chi connectivity index (χ4n) is 1.77. The highest BCUT2D eigenvalue weighted by molar-refractivity contribution is 9.10. The number of carbonyl (C=O) groups excluding carboxylic acids is 1. The van der Waals surface area contributed by atoms with Gasteiger partial charge in [0, 0.05) is 16.5 Å². The normalized spacial score (nSPS) is 10.3. The van der Waals surface area contributed by atoms with Gasteiger partial charge in [0.15, 0.2) is 5.78 Å². The quantitative estimate of drug-likeness (QED) is 0.718. The standard InChI is InChI=1S/C15H12Br2O2/c1-19-15-6-5-11(9-13(15)17)14(18)8-10-3-2-4-12(16)7-10/h2-7,9H,8H2,1H3. The number of ether oxygens (including phenoxy) is 1. The maximum Gasteiger partial charge on any atom is 0.167 e. The highest BCUT2D eigenvalue weighted by Gasteiger charge is 2.10. The smallest absolute Gasteiger partial charge is 0.167 e. The lowest BCUT2D eigenvalue weighted by molar-refractivity contribution is 0.0993. The van der Waals surface area contributed by atoms with E-state index >= 15 is 0 Å². The molecule has 0 aromatic heterocycles. The Morgan fingerprint density at radius 1 is 1.16 bits per heavy atom. The molecule has 2 aromatic carbocycles. The zero-order chi connectivity index (χ0) is 13.8. The van der Waals surface area contributed by atoms with E-state index in [-0.39, 0.29) is 5.78 Å². The zero-order valence-electron chi connectivity index (χ0n) is 10.3. The van der Waals surface area contributed by atoms with Crippen LogP contribution < -0.4 is 4.74 Å². The first kappa shape index (κ1) is 14.3. The van der Waals surface area contributed by atoms with E-state index in [0.717, 1.165) is 20.3 Å². The van der Waals surface area contributed by atoms with Gasteiger partial charge in [-0.3, -0.25) is 4.79 Å². The van der Waals surface area contributed by atoms with E-state index in [0.29, 0.717) is 12.0 Å². The maximum absolute atomic E-state index is 12.2. The molecule has 4 heteroatoms. The third-order valence-corrected chi connectivity index (χ3v) is 3.84. The topological polar surface area (TPSA) is 26.3 Å². The molecule has 0 aliphatic rings. The summed E-state index contributed by atoms with van der Waals surface area (Å²) in [7, 11) is 1.60. The molecule has 0 spiro atoms. The van der Waals surface area contributed by atoms with Crippen LogP contribution in [-0.4, -0.2) is 12.9 Å². The molecule has 0 saturated carbocycles. The molecule has 2 nitrogen and oxygen atoms in total. The molecule has 0 amide bonds. The van der Waals surface area contributed by atoms with E-state index in [2.05, 4.69) is 31.9 Å². The molecule has 0 saturated heterocycles. The molecule has 0 aliphatic carbocycles. The molecule has 19 heavy (non-hydrogen) atoms. The van der Waals surface area contributed by atoms with Crippen molar-refractivity contribution in [1.82, 2.24) is 0 Å². The summed E-state index contributed by atoms with van der Waals surface area (Å²) >= 11 is 6.79. The Morgan fingerprint density at radius 2 is 1.95 bits per heavy atom. The van der Waals surface area contributed by atoms with Crippen LogP contribution in [0.25, 0.3) is 0 Å². The van der Waals surface area contributed by atoms with Crippen molar-refractivity contribution in [3.8, 4) is 5.75 Å². The van der Waals surface area contributed by atoms with Crippen LogP contribution in [-0.2, 0) is 6.42 Å². The number of carbonyl (C=O) groups is 1. The predicted molar refractivity (Wildman–Crippen MR) is 82.9 cm³/mol. The van der Waals surface area contributed by atoms with Gasteiger partial charge in [-0.05, 0) is 51.8 Å². The second-order valence-electron chi connectivity index (χ2n) is 4.08. The first-order valence-corrected chi connectivity index (χ1v) is 7.30. The monoisotopic (exact) mass is 382 g/mol. The maximum atomic E-state index is 12.2. The molecule has 0 atom stereocenters. The van der Waals surface area contributed by atoms with Crippen LogP contribution in [0.2, 0.25) is 0 Å². The number of Topliss-reactive ketones (excluding diaryl/α,β-unsaturated/α-hetero) is 1. The van der Waals surface area contributed by atoms with Crippen LogP contribution in [0, 0.1) is 0 Å². The molecule has 0 N–H and O–H groups in total. The summed E-state index contributed by atoms with van der Waals surface area (Å²) in [5.41, 5.74) is 1.67. The van der Waals surface area contributed by atoms with Gasteiger partial charge in [0.25, 0.3) is 0 Å². The average Bonchev–Trinajstić information content (AvgIpc) is 2.38. The molecule has 0 aliphatic heterocycles. The van der Waals surface area contributed by atoms with E-state index in [4.69, 9.17) is 4.74 Å². The predicted octanol–water partition coefficient (Wildman–Crippen LogP) is 4.65. The van der Waals surface area contributed by atoms with Crippen LogP contribution in [0.4, 0.5) is 0 Å². The first-order valence-electron chi connectivity index (χ1n) is 5.71. The second-order valence-corrected chi connectivity index (χ2v) is 5.85. The summed E-state index contributed by atoms with van der Waals surface area (Å²) in [6.45, 7) is 0. The lowest BCUT2D eigenvalue weighted by atomic mass is 10.0. The molecular formula is C15H12Br2O2. The zero-order valence-corrected chi connectivity index (χ0v) is 13.5. The molecule has 0 bridgehead atoms. The van der Waals surface area contributed by atoms with Crippen molar-refractivity contribution in [1.29, 1.82) is 0 Å². The van der Waals surface area contributed by atoms with Gasteiger partial charge >= 0.3 is 0 Å². The van der Waals surface area contributed by atoms with Crippen molar-refractivity contribution in [3.63, 3.8) is 0 Å². The average molecular weight is 384 g/mol. The van der Waals surface area contributed by atoms with E-state index in [1.807, 2.05) is 24.3 Å². The number of hydrogen-bond donors (Lipinski definition) is 0. The van der Waals surface area contributed by atoms with Crippen LogP contribution in [0.1, 0.15) is 15.9 Å². The molecule has 2 rings (SSSR count). The first-order chi connectivity index (χ1) is 9.10. The Labute approximate surface area is 129 Å². The van der Waals surface area contributed by atoms with Gasteiger partial charge < -0.3 is 4.74 Å². The molecule has 0 heterocycles. The van der Waals surface area contributed by atoms with Crippen molar-refractivity contribution in [2.75, 3.05) is 7.11 Å². The highest BCUT2D eigenvalue weighted by Crippen LogP contribution is 2.26. The lowest BCUT2D eigenvalue weighted by Crippen LogP contribution is -2.03. The van der Waals surface area contributed by atoms with Crippen molar-refractivity contribution in [2.45, 2.75) is 6.42 Å². The number of benzene rings is 2. The van der Waals surface area contributed by atoms with E-state index < -0.39 is 0 Å². The molecule has 0 radical (unpaired) electrons. The van der Waals surface area contributed by atoms with Gasteiger partial charge in [0.1, 0.15) is 5.75 Å². The van der Waals surface area contributed by atoms with Crippen LogP contribution in [0.15, 0.2) is 51.4 Å². The summed E-state index contributed by atoms with van der Waals surface area (Å²) in [6, 6.07) is 13.1. The molecule has 98 valence electrons. The SMILES string of the molecule is COc1ccc(C(=O)Cc2cccc(Br)c2)cc1Br. The fourth-order valence-corrected chi connectivity index (χ4v) is 2.76. The summed E-state index contributed by atoms with van der Waals surface area (Å²) < 4.78 is 6.92. The van der Waals surface area contributed by atoms with Crippen molar-refractivity contribution < 1.29 is 9.53 Å². The Morgan fingerprint density at radius 3 is 2.58 bits per heavy atom. The number of rotatable bonds is 4. The Bertz CT molecular complexity index is 609. The van der Waals surface area contributed by atoms with E-state index in [1.54, 1.807) is 25.3 Å². The van der Waals surface area contributed by atoms with Crippen molar-refractivity contribution in [3.05, 3.63) is 62.5 Å². The van der Waals surface area contributed by atoms with Crippen molar-refractivity contribution in [2.24, 2.45) is 0 Å². The second kappa shape index (κ2) is 6.35. The summed E-state index contributed by atoms with van der Waals surface area (Å²) in [6.07, 6.45) is 0.387. The van der Waals surface area contributed by atoms with E-state index in [9.17, 15) is 4.79 Å². The Kier molecular flexibility index (Phi) is 4.77.